The van der Waals surface area contributed by atoms with Crippen molar-refractivity contribution in [2.45, 2.75) is 32.2 Å². The number of aromatic nitrogens is 1. The number of carbonyl (C=O) groups is 2. The lowest BCUT2D eigenvalue weighted by atomic mass is 10.2. The van der Waals surface area contributed by atoms with Crippen LogP contribution in [-0.2, 0) is 16.0 Å². The van der Waals surface area contributed by atoms with Gasteiger partial charge < -0.3 is 14.8 Å². The summed E-state index contributed by atoms with van der Waals surface area (Å²) in [7, 11) is 0. The van der Waals surface area contributed by atoms with Crippen LogP contribution in [0.1, 0.15) is 17.9 Å². The highest BCUT2D eigenvalue weighted by molar-refractivity contribution is 7.13. The first-order chi connectivity index (χ1) is 10.9. The number of nitrogens with zero attached hydrogens (tertiary/aromatic N) is 1. The molecule has 0 saturated carbocycles. The standard InChI is InChI=1S/C14H14F2N2O4S/c1-7-8(18-13(22-7)10-3-2-4-23-10)6-12(19)17-9(14(20)21)5-11(15)16/h2-4,9,11H,5-6H2,1H3,(H,17,19)(H,20,21). The number of carboxylic acid groups (broad SMARTS) is 1. The molecule has 2 heterocycles. The van der Waals surface area contributed by atoms with E-state index in [-0.39, 0.29) is 6.42 Å². The highest BCUT2D eigenvalue weighted by Gasteiger charge is 2.25. The molecule has 0 bridgehead atoms. The number of carboxylic acids is 1. The molecule has 0 saturated heterocycles. The average Bonchev–Trinajstić information content (AvgIpc) is 3.08. The monoisotopic (exact) mass is 344 g/mol. The van der Waals surface area contributed by atoms with E-state index in [9.17, 15) is 18.4 Å². The van der Waals surface area contributed by atoms with E-state index in [2.05, 4.69) is 10.3 Å². The Morgan fingerprint density at radius 3 is 2.78 bits per heavy atom. The fourth-order valence-corrected chi connectivity index (χ4v) is 2.54. The summed E-state index contributed by atoms with van der Waals surface area (Å²) >= 11 is 1.42. The van der Waals surface area contributed by atoms with Crippen LogP contribution in [0.5, 0.6) is 0 Å². The van der Waals surface area contributed by atoms with Crippen molar-refractivity contribution in [1.82, 2.24) is 10.3 Å². The fourth-order valence-electron chi connectivity index (χ4n) is 1.89. The van der Waals surface area contributed by atoms with Crippen molar-refractivity contribution in [2.75, 3.05) is 0 Å². The normalized spacial score (nSPS) is 12.3. The zero-order valence-corrected chi connectivity index (χ0v) is 12.9. The van der Waals surface area contributed by atoms with Crippen LogP contribution in [0.15, 0.2) is 21.9 Å². The van der Waals surface area contributed by atoms with Crippen molar-refractivity contribution < 1.29 is 27.9 Å². The van der Waals surface area contributed by atoms with Gasteiger partial charge in [0.25, 0.3) is 0 Å². The molecule has 23 heavy (non-hydrogen) atoms. The van der Waals surface area contributed by atoms with Crippen molar-refractivity contribution in [3.63, 3.8) is 0 Å². The molecule has 6 nitrogen and oxygen atoms in total. The maximum absolute atomic E-state index is 12.3. The molecule has 0 aliphatic rings. The topological polar surface area (TPSA) is 92.4 Å². The van der Waals surface area contributed by atoms with Crippen molar-refractivity contribution >= 4 is 23.2 Å². The van der Waals surface area contributed by atoms with Gasteiger partial charge in [0.15, 0.2) is 0 Å². The zero-order chi connectivity index (χ0) is 17.0. The second-order valence-electron chi connectivity index (χ2n) is 4.76. The first-order valence-electron chi connectivity index (χ1n) is 6.67. The van der Waals surface area contributed by atoms with Crippen LogP contribution in [0.25, 0.3) is 10.8 Å². The van der Waals surface area contributed by atoms with E-state index in [0.29, 0.717) is 17.3 Å². The Balaban J connectivity index is 2.04. The first kappa shape index (κ1) is 17.1. The summed E-state index contributed by atoms with van der Waals surface area (Å²) in [5.74, 6) is -1.42. The highest BCUT2D eigenvalue weighted by Crippen LogP contribution is 2.26. The molecule has 2 aromatic rings. The van der Waals surface area contributed by atoms with E-state index < -0.39 is 30.8 Å². The van der Waals surface area contributed by atoms with Crippen molar-refractivity contribution in [1.29, 1.82) is 0 Å². The molecular formula is C14H14F2N2O4S. The molecule has 0 fully saturated rings. The van der Waals surface area contributed by atoms with Crippen LogP contribution in [0.4, 0.5) is 8.78 Å². The predicted octanol–water partition coefficient (Wildman–Crippen LogP) is 2.48. The SMILES string of the molecule is Cc1oc(-c2cccs2)nc1CC(=O)NC(CC(F)F)C(=O)O. The van der Waals surface area contributed by atoms with E-state index in [4.69, 9.17) is 9.52 Å². The molecule has 2 aromatic heterocycles. The van der Waals surface area contributed by atoms with Gasteiger partial charge in [-0.25, -0.2) is 18.6 Å². The summed E-state index contributed by atoms with van der Waals surface area (Å²) in [5.41, 5.74) is 0.340. The fraction of sp³-hybridized carbons (Fsp3) is 0.357. The number of halogens is 2. The predicted molar refractivity (Wildman–Crippen MR) is 78.4 cm³/mol. The Kier molecular flexibility index (Phi) is 5.43. The van der Waals surface area contributed by atoms with Gasteiger partial charge in [-0.3, -0.25) is 4.79 Å². The largest absolute Gasteiger partial charge is 0.480 e. The molecule has 2 rings (SSSR count). The molecule has 0 aliphatic carbocycles. The molecule has 1 atom stereocenters. The Hall–Kier alpha value is -2.29. The second kappa shape index (κ2) is 7.32. The van der Waals surface area contributed by atoms with E-state index in [1.807, 2.05) is 17.5 Å². The Bertz CT molecular complexity index is 685. The van der Waals surface area contributed by atoms with Crippen LogP contribution >= 0.6 is 11.3 Å². The second-order valence-corrected chi connectivity index (χ2v) is 5.71. The molecular weight excluding hydrogens is 330 g/mol. The molecule has 0 aromatic carbocycles. The number of aliphatic carboxylic acids is 1. The van der Waals surface area contributed by atoms with Crippen molar-refractivity contribution in [3.8, 4) is 10.8 Å². The van der Waals surface area contributed by atoms with E-state index in [1.165, 1.54) is 11.3 Å². The Labute approximate surface area is 134 Å². The molecule has 0 aliphatic heterocycles. The molecule has 0 radical (unpaired) electrons. The summed E-state index contributed by atoms with van der Waals surface area (Å²) in [6.07, 6.45) is -4.01. The van der Waals surface area contributed by atoms with Gasteiger partial charge in [-0.15, -0.1) is 11.3 Å². The van der Waals surface area contributed by atoms with Crippen LogP contribution in [0, 0.1) is 6.92 Å². The van der Waals surface area contributed by atoms with Gasteiger partial charge in [-0.05, 0) is 18.4 Å². The molecule has 124 valence electrons. The number of alkyl halides is 2. The van der Waals surface area contributed by atoms with Gasteiger partial charge in [0.1, 0.15) is 11.8 Å². The van der Waals surface area contributed by atoms with Gasteiger partial charge in [0, 0.05) is 6.42 Å². The number of carbonyl (C=O) groups excluding carboxylic acids is 1. The zero-order valence-electron chi connectivity index (χ0n) is 12.1. The number of amides is 1. The first-order valence-corrected chi connectivity index (χ1v) is 7.55. The average molecular weight is 344 g/mol. The highest BCUT2D eigenvalue weighted by atomic mass is 32.1. The van der Waals surface area contributed by atoms with E-state index in [0.717, 1.165) is 4.88 Å². The number of rotatable bonds is 7. The van der Waals surface area contributed by atoms with Gasteiger partial charge >= 0.3 is 5.97 Å². The minimum atomic E-state index is -2.82. The maximum atomic E-state index is 12.3. The smallest absolute Gasteiger partial charge is 0.326 e. The van der Waals surface area contributed by atoms with Gasteiger partial charge in [0.2, 0.25) is 18.2 Å². The Morgan fingerprint density at radius 2 is 2.22 bits per heavy atom. The minimum absolute atomic E-state index is 0.242. The lowest BCUT2D eigenvalue weighted by Crippen LogP contribution is -2.42. The number of thiophene rings is 1. The summed E-state index contributed by atoms with van der Waals surface area (Å²) < 4.78 is 30.1. The van der Waals surface area contributed by atoms with E-state index in [1.54, 1.807) is 6.92 Å². The third-order valence-electron chi connectivity index (χ3n) is 3.00. The lowest BCUT2D eigenvalue weighted by Gasteiger charge is -2.13. The summed E-state index contributed by atoms with van der Waals surface area (Å²) in [6.45, 7) is 1.63. The summed E-state index contributed by atoms with van der Waals surface area (Å²) in [5, 5.41) is 12.8. The quantitative estimate of drug-likeness (QED) is 0.805. The van der Waals surface area contributed by atoms with Crippen LogP contribution in [0.3, 0.4) is 0 Å². The summed E-state index contributed by atoms with van der Waals surface area (Å²) in [4.78, 5) is 27.7. The third kappa shape index (κ3) is 4.59. The number of oxazole rings is 1. The van der Waals surface area contributed by atoms with Crippen LogP contribution < -0.4 is 5.32 Å². The van der Waals surface area contributed by atoms with Gasteiger partial charge in [0.05, 0.1) is 17.0 Å². The van der Waals surface area contributed by atoms with Crippen LogP contribution in [-0.4, -0.2) is 34.4 Å². The number of nitrogens with one attached hydrogen (secondary N) is 1. The lowest BCUT2D eigenvalue weighted by molar-refractivity contribution is -0.142. The Morgan fingerprint density at radius 1 is 1.48 bits per heavy atom. The molecule has 0 spiro atoms. The minimum Gasteiger partial charge on any atom is -0.480 e. The number of hydrogen-bond acceptors (Lipinski definition) is 5. The number of hydrogen-bond donors (Lipinski definition) is 2. The summed E-state index contributed by atoms with van der Waals surface area (Å²) in [6, 6.07) is 2.00. The van der Waals surface area contributed by atoms with Crippen LogP contribution in [0.2, 0.25) is 0 Å². The van der Waals surface area contributed by atoms with Crippen molar-refractivity contribution in [3.05, 3.63) is 29.0 Å². The molecule has 9 heteroatoms. The maximum Gasteiger partial charge on any atom is 0.326 e. The molecule has 1 unspecified atom stereocenters. The van der Waals surface area contributed by atoms with E-state index >= 15 is 0 Å². The van der Waals surface area contributed by atoms with Crippen molar-refractivity contribution in [2.24, 2.45) is 0 Å². The van der Waals surface area contributed by atoms with Gasteiger partial charge in [-0.2, -0.15) is 0 Å². The number of aryl methyl sites for hydroxylation is 1. The molecule has 2 N–H and O–H groups in total. The van der Waals surface area contributed by atoms with Gasteiger partial charge in [-0.1, -0.05) is 6.07 Å². The molecule has 1 amide bonds. The third-order valence-corrected chi connectivity index (χ3v) is 3.86.